The Morgan fingerprint density at radius 1 is 0.889 bits per heavy atom. The van der Waals surface area contributed by atoms with E-state index in [2.05, 4.69) is 11.9 Å². The Balaban J connectivity index is 1.94. The zero-order valence-corrected chi connectivity index (χ0v) is 16.3. The highest BCUT2D eigenvalue weighted by Crippen LogP contribution is 2.34. The molecule has 27 heavy (non-hydrogen) atoms. The Hall–Kier alpha value is -2.26. The molecule has 0 aliphatic heterocycles. The van der Waals surface area contributed by atoms with E-state index in [1.54, 1.807) is 6.07 Å². The SMILES string of the molecule is C=C[C@H](c1cccc(Cl)c1)[C@H](NCc1ccccc1O)c1ccc(Cl)cc1. The van der Waals surface area contributed by atoms with Gasteiger partial charge in [0.1, 0.15) is 5.75 Å². The predicted octanol–water partition coefficient (Wildman–Crippen LogP) is 6.50. The van der Waals surface area contributed by atoms with Gasteiger partial charge in [0.15, 0.2) is 0 Å². The summed E-state index contributed by atoms with van der Waals surface area (Å²) in [6.07, 6.45) is 1.92. The molecule has 0 aliphatic carbocycles. The number of benzene rings is 3. The summed E-state index contributed by atoms with van der Waals surface area (Å²) in [5.41, 5.74) is 2.99. The lowest BCUT2D eigenvalue weighted by Gasteiger charge is -2.27. The maximum Gasteiger partial charge on any atom is 0.120 e. The molecule has 4 heteroatoms. The van der Waals surface area contributed by atoms with E-state index < -0.39 is 0 Å². The normalized spacial score (nSPS) is 13.1. The first-order valence-corrected chi connectivity index (χ1v) is 9.48. The third-order valence-electron chi connectivity index (χ3n) is 4.58. The van der Waals surface area contributed by atoms with Gasteiger partial charge >= 0.3 is 0 Å². The fraction of sp³-hybridized carbons (Fsp3) is 0.130. The summed E-state index contributed by atoms with van der Waals surface area (Å²) in [4.78, 5) is 0. The second kappa shape index (κ2) is 9.09. The van der Waals surface area contributed by atoms with Crippen molar-refractivity contribution in [3.05, 3.63) is 112 Å². The zero-order valence-electron chi connectivity index (χ0n) is 14.8. The van der Waals surface area contributed by atoms with Crippen molar-refractivity contribution in [2.75, 3.05) is 0 Å². The van der Waals surface area contributed by atoms with E-state index in [-0.39, 0.29) is 17.7 Å². The van der Waals surface area contributed by atoms with Crippen LogP contribution < -0.4 is 5.32 Å². The van der Waals surface area contributed by atoms with E-state index in [0.29, 0.717) is 16.6 Å². The second-order valence-electron chi connectivity index (χ2n) is 6.36. The van der Waals surface area contributed by atoms with Crippen LogP contribution in [0.15, 0.2) is 85.5 Å². The molecule has 3 aromatic carbocycles. The van der Waals surface area contributed by atoms with Crippen LogP contribution in [0.3, 0.4) is 0 Å². The lowest BCUT2D eigenvalue weighted by atomic mass is 9.87. The minimum Gasteiger partial charge on any atom is -0.508 e. The third-order valence-corrected chi connectivity index (χ3v) is 5.07. The lowest BCUT2D eigenvalue weighted by Crippen LogP contribution is -2.26. The topological polar surface area (TPSA) is 32.3 Å². The average Bonchev–Trinajstić information content (AvgIpc) is 2.67. The summed E-state index contributed by atoms with van der Waals surface area (Å²) in [6, 6.07) is 22.8. The number of aromatic hydroxyl groups is 1. The molecular formula is C23H21Cl2NO. The second-order valence-corrected chi connectivity index (χ2v) is 7.23. The number of halogens is 2. The van der Waals surface area contributed by atoms with Gasteiger partial charge < -0.3 is 10.4 Å². The maximum absolute atomic E-state index is 10.1. The van der Waals surface area contributed by atoms with Gasteiger partial charge in [-0.05, 0) is 41.5 Å². The van der Waals surface area contributed by atoms with Gasteiger partial charge in [-0.2, -0.15) is 0 Å². The molecule has 2 nitrogen and oxygen atoms in total. The summed E-state index contributed by atoms with van der Waals surface area (Å²) in [5, 5.41) is 15.0. The largest absolute Gasteiger partial charge is 0.508 e. The number of hydrogen-bond acceptors (Lipinski definition) is 2. The minimum absolute atomic E-state index is 0.00395. The zero-order chi connectivity index (χ0) is 19.2. The molecular weight excluding hydrogens is 377 g/mol. The summed E-state index contributed by atoms with van der Waals surface area (Å²) < 4.78 is 0. The van der Waals surface area contributed by atoms with Gasteiger partial charge in [-0.1, -0.05) is 71.7 Å². The van der Waals surface area contributed by atoms with Crippen LogP contribution in [0.4, 0.5) is 0 Å². The standard InChI is InChI=1S/C23H21Cl2NO/c1-2-21(17-7-5-8-20(25)14-17)23(16-10-12-19(24)13-11-16)26-15-18-6-3-4-9-22(18)27/h2-14,21,23,26-27H,1,15H2/t21-,23-/m1/s1. The highest BCUT2D eigenvalue weighted by Gasteiger charge is 2.22. The average molecular weight is 398 g/mol. The molecule has 2 N–H and O–H groups in total. The van der Waals surface area contributed by atoms with Crippen LogP contribution in [-0.2, 0) is 6.54 Å². The van der Waals surface area contributed by atoms with Gasteiger partial charge in [0, 0.05) is 34.1 Å². The number of rotatable bonds is 7. The molecule has 0 aliphatic rings. The van der Waals surface area contributed by atoms with Crippen molar-refractivity contribution >= 4 is 23.2 Å². The van der Waals surface area contributed by atoms with Crippen LogP contribution in [0.2, 0.25) is 10.0 Å². The summed E-state index contributed by atoms with van der Waals surface area (Å²) in [7, 11) is 0. The Labute approximate surface area is 170 Å². The predicted molar refractivity (Wildman–Crippen MR) is 114 cm³/mol. The van der Waals surface area contributed by atoms with Crippen molar-refractivity contribution in [2.45, 2.75) is 18.5 Å². The quantitative estimate of drug-likeness (QED) is 0.445. The molecule has 0 aromatic heterocycles. The molecule has 3 aromatic rings. The summed E-state index contributed by atoms with van der Waals surface area (Å²) in [5.74, 6) is 0.272. The Morgan fingerprint density at radius 3 is 2.30 bits per heavy atom. The fourth-order valence-corrected chi connectivity index (χ4v) is 3.51. The van der Waals surface area contributed by atoms with E-state index in [4.69, 9.17) is 23.2 Å². The molecule has 0 radical (unpaired) electrons. The van der Waals surface area contributed by atoms with E-state index in [1.165, 1.54) is 0 Å². The minimum atomic E-state index is -0.0576. The van der Waals surface area contributed by atoms with Crippen LogP contribution in [0.25, 0.3) is 0 Å². The highest BCUT2D eigenvalue weighted by molar-refractivity contribution is 6.30. The molecule has 0 bridgehead atoms. The van der Waals surface area contributed by atoms with Crippen molar-refractivity contribution < 1.29 is 5.11 Å². The molecule has 0 amide bonds. The molecule has 2 atom stereocenters. The van der Waals surface area contributed by atoms with E-state index >= 15 is 0 Å². The molecule has 0 heterocycles. The number of para-hydroxylation sites is 1. The van der Waals surface area contributed by atoms with Crippen molar-refractivity contribution in [1.82, 2.24) is 5.32 Å². The van der Waals surface area contributed by atoms with E-state index in [1.807, 2.05) is 72.8 Å². The molecule has 0 unspecified atom stereocenters. The smallest absolute Gasteiger partial charge is 0.120 e. The Bertz CT molecular complexity index is 908. The van der Waals surface area contributed by atoms with Crippen molar-refractivity contribution in [3.8, 4) is 5.75 Å². The van der Waals surface area contributed by atoms with Crippen molar-refractivity contribution in [3.63, 3.8) is 0 Å². The number of phenols is 1. The first kappa shape index (κ1) is 19.5. The first-order chi connectivity index (χ1) is 13.1. The summed E-state index contributed by atoms with van der Waals surface area (Å²) in [6.45, 7) is 4.56. The van der Waals surface area contributed by atoms with Crippen LogP contribution in [0, 0.1) is 0 Å². The Kier molecular flexibility index (Phi) is 6.57. The molecule has 0 saturated heterocycles. The van der Waals surface area contributed by atoms with Gasteiger partial charge in [0.25, 0.3) is 0 Å². The lowest BCUT2D eigenvalue weighted by molar-refractivity contribution is 0.449. The van der Waals surface area contributed by atoms with Gasteiger partial charge in [-0.15, -0.1) is 6.58 Å². The third kappa shape index (κ3) is 4.92. The number of hydrogen-bond donors (Lipinski definition) is 2. The van der Waals surface area contributed by atoms with Crippen molar-refractivity contribution in [2.24, 2.45) is 0 Å². The Morgan fingerprint density at radius 2 is 1.63 bits per heavy atom. The molecule has 0 saturated carbocycles. The van der Waals surface area contributed by atoms with Crippen LogP contribution >= 0.6 is 23.2 Å². The van der Waals surface area contributed by atoms with Gasteiger partial charge in [0.05, 0.1) is 0 Å². The van der Waals surface area contributed by atoms with Gasteiger partial charge in [-0.3, -0.25) is 0 Å². The molecule has 0 fully saturated rings. The van der Waals surface area contributed by atoms with Crippen LogP contribution in [0.5, 0.6) is 5.75 Å². The monoisotopic (exact) mass is 397 g/mol. The van der Waals surface area contributed by atoms with E-state index in [0.717, 1.165) is 16.7 Å². The highest BCUT2D eigenvalue weighted by atomic mass is 35.5. The number of phenolic OH excluding ortho intramolecular Hbond substituents is 1. The first-order valence-electron chi connectivity index (χ1n) is 8.72. The van der Waals surface area contributed by atoms with E-state index in [9.17, 15) is 5.11 Å². The van der Waals surface area contributed by atoms with Crippen LogP contribution in [0.1, 0.15) is 28.7 Å². The van der Waals surface area contributed by atoms with Gasteiger partial charge in [0.2, 0.25) is 0 Å². The molecule has 3 rings (SSSR count). The number of nitrogens with one attached hydrogen (secondary N) is 1. The van der Waals surface area contributed by atoms with Crippen LogP contribution in [-0.4, -0.2) is 5.11 Å². The van der Waals surface area contributed by atoms with Crippen molar-refractivity contribution in [1.29, 1.82) is 0 Å². The molecule has 0 spiro atoms. The summed E-state index contributed by atoms with van der Waals surface area (Å²) >= 11 is 12.3. The fourth-order valence-electron chi connectivity index (χ4n) is 3.18. The maximum atomic E-state index is 10.1. The molecule has 138 valence electrons. The van der Waals surface area contributed by atoms with Gasteiger partial charge in [-0.25, -0.2) is 0 Å².